The molecule has 4 aliphatic carbocycles. The first-order valence-electron chi connectivity index (χ1n) is 13.9. The second kappa shape index (κ2) is 8.76. The van der Waals surface area contributed by atoms with Crippen molar-refractivity contribution >= 4 is 5.97 Å². The van der Waals surface area contributed by atoms with Gasteiger partial charge in [0, 0.05) is 24.3 Å². The van der Waals surface area contributed by atoms with Crippen LogP contribution < -0.4 is 0 Å². The van der Waals surface area contributed by atoms with Gasteiger partial charge in [0.15, 0.2) is 5.79 Å². The van der Waals surface area contributed by atoms with Crippen molar-refractivity contribution in [3.63, 3.8) is 0 Å². The first-order chi connectivity index (χ1) is 16.1. The molecule has 3 saturated carbocycles. The van der Waals surface area contributed by atoms with E-state index < -0.39 is 0 Å². The summed E-state index contributed by atoms with van der Waals surface area (Å²) < 4.78 is 17.9. The van der Waals surface area contributed by atoms with Gasteiger partial charge in [0.2, 0.25) is 0 Å². The van der Waals surface area contributed by atoms with Crippen molar-refractivity contribution < 1.29 is 19.0 Å². The number of ether oxygens (including phenoxy) is 3. The third kappa shape index (κ3) is 4.11. The minimum absolute atomic E-state index is 0.121. The first kappa shape index (κ1) is 24.6. The molecule has 0 bridgehead atoms. The summed E-state index contributed by atoms with van der Waals surface area (Å²) in [5.41, 5.74) is 2.45. The average Bonchev–Trinajstić information content (AvgIpc) is 3.13. The molecular formula is C30H46O4. The van der Waals surface area contributed by atoms with Gasteiger partial charge in [0.25, 0.3) is 0 Å². The number of carbonyl (C=O) groups is 1. The van der Waals surface area contributed by atoms with Gasteiger partial charge in [-0.1, -0.05) is 45.4 Å². The molecule has 0 aromatic heterocycles. The number of fused-ring (bicyclic) bond motifs is 5. The Hall–Kier alpha value is -1.13. The Labute approximate surface area is 206 Å². The summed E-state index contributed by atoms with van der Waals surface area (Å²) in [6.07, 6.45) is 17.1. The lowest BCUT2D eigenvalue weighted by molar-refractivity contribution is -0.310. The van der Waals surface area contributed by atoms with Crippen molar-refractivity contribution in [3.8, 4) is 0 Å². The maximum absolute atomic E-state index is 11.7. The third-order valence-electron chi connectivity index (χ3n) is 10.7. The highest BCUT2D eigenvalue weighted by molar-refractivity contribution is 5.81. The molecule has 0 N–H and O–H groups in total. The summed E-state index contributed by atoms with van der Waals surface area (Å²) in [5, 5.41) is 0. The maximum atomic E-state index is 11.7. The molecule has 0 aromatic carbocycles. The van der Waals surface area contributed by atoms with Crippen molar-refractivity contribution in [3.05, 3.63) is 23.8 Å². The fourth-order valence-corrected chi connectivity index (χ4v) is 8.60. The van der Waals surface area contributed by atoms with E-state index in [9.17, 15) is 4.79 Å². The molecule has 4 fully saturated rings. The molecule has 1 aliphatic heterocycles. The van der Waals surface area contributed by atoms with E-state index in [4.69, 9.17) is 14.2 Å². The van der Waals surface area contributed by atoms with Crippen LogP contribution in [0.4, 0.5) is 0 Å². The van der Waals surface area contributed by atoms with Crippen LogP contribution in [0.2, 0.25) is 0 Å². The second-order valence-electron chi connectivity index (χ2n) is 13.3. The van der Waals surface area contributed by atoms with Gasteiger partial charge in [0.05, 0.1) is 19.8 Å². The lowest BCUT2D eigenvalue weighted by Gasteiger charge is -2.60. The zero-order chi connectivity index (χ0) is 24.2. The second-order valence-corrected chi connectivity index (χ2v) is 13.3. The number of esters is 1. The first-order valence-corrected chi connectivity index (χ1v) is 13.9. The quantitative estimate of drug-likeness (QED) is 0.256. The van der Waals surface area contributed by atoms with Crippen LogP contribution in [0.5, 0.6) is 0 Å². The fourth-order valence-electron chi connectivity index (χ4n) is 8.60. The van der Waals surface area contributed by atoms with Crippen LogP contribution in [-0.4, -0.2) is 31.6 Å². The van der Waals surface area contributed by atoms with Crippen molar-refractivity contribution in [1.29, 1.82) is 0 Å². The number of hydrogen-bond acceptors (Lipinski definition) is 4. The normalized spacial score (nSPS) is 42.6. The number of allylic oxidation sites excluding steroid dienone is 2. The summed E-state index contributed by atoms with van der Waals surface area (Å²) in [4.78, 5) is 11.7. The van der Waals surface area contributed by atoms with Crippen molar-refractivity contribution in [2.45, 2.75) is 98.2 Å². The molecule has 6 atom stereocenters. The molecule has 190 valence electrons. The molecule has 5 aliphatic rings. The zero-order valence-electron chi connectivity index (χ0n) is 22.2. The van der Waals surface area contributed by atoms with Gasteiger partial charge >= 0.3 is 5.97 Å². The Bertz CT molecular complexity index is 846. The van der Waals surface area contributed by atoms with Crippen LogP contribution in [-0.2, 0) is 19.0 Å². The molecular weight excluding hydrogens is 424 g/mol. The molecule has 4 heteroatoms. The minimum Gasteiger partial charge on any atom is -0.463 e. The Balaban J connectivity index is 1.29. The summed E-state index contributed by atoms with van der Waals surface area (Å²) in [5.74, 6) is 2.50. The van der Waals surface area contributed by atoms with Crippen LogP contribution in [0, 0.1) is 39.9 Å². The van der Waals surface area contributed by atoms with E-state index in [1.807, 2.05) is 6.92 Å². The van der Waals surface area contributed by atoms with Gasteiger partial charge in [0.1, 0.15) is 0 Å². The van der Waals surface area contributed by atoms with Crippen LogP contribution >= 0.6 is 0 Å². The van der Waals surface area contributed by atoms with E-state index in [-0.39, 0.29) is 17.2 Å². The van der Waals surface area contributed by atoms with E-state index in [2.05, 4.69) is 39.8 Å². The smallest absolute Gasteiger partial charge is 0.330 e. The van der Waals surface area contributed by atoms with E-state index in [0.717, 1.165) is 50.2 Å². The van der Waals surface area contributed by atoms with E-state index in [1.165, 1.54) is 38.5 Å². The number of rotatable bonds is 4. The van der Waals surface area contributed by atoms with Gasteiger partial charge in [-0.25, -0.2) is 4.79 Å². The Morgan fingerprint density at radius 1 is 1.06 bits per heavy atom. The monoisotopic (exact) mass is 470 g/mol. The van der Waals surface area contributed by atoms with Crippen molar-refractivity contribution in [2.75, 3.05) is 19.8 Å². The Morgan fingerprint density at radius 2 is 1.82 bits per heavy atom. The largest absolute Gasteiger partial charge is 0.463 e. The van der Waals surface area contributed by atoms with Gasteiger partial charge in [-0.2, -0.15) is 0 Å². The lowest BCUT2D eigenvalue weighted by atomic mass is 9.47. The molecule has 34 heavy (non-hydrogen) atoms. The highest BCUT2D eigenvalue weighted by Gasteiger charge is 2.60. The Kier molecular flexibility index (Phi) is 6.33. The predicted octanol–water partition coefficient (Wildman–Crippen LogP) is 6.84. The molecule has 1 saturated heterocycles. The molecule has 6 unspecified atom stereocenters. The summed E-state index contributed by atoms with van der Waals surface area (Å²) in [7, 11) is 0. The maximum Gasteiger partial charge on any atom is 0.330 e. The summed E-state index contributed by atoms with van der Waals surface area (Å²) in [6, 6.07) is 0. The SMILES string of the molecule is CCOC(=O)/C=C/CC1CCC2C3CC=C4CC5(CCC4(C)C3CCC12C)OCC(C)(C)CO5. The van der Waals surface area contributed by atoms with Gasteiger partial charge in [-0.15, -0.1) is 0 Å². The molecule has 4 nitrogen and oxygen atoms in total. The Morgan fingerprint density at radius 3 is 2.56 bits per heavy atom. The van der Waals surface area contributed by atoms with Gasteiger partial charge in [-0.3, -0.25) is 0 Å². The molecule has 0 amide bonds. The average molecular weight is 471 g/mol. The third-order valence-corrected chi connectivity index (χ3v) is 10.7. The standard InChI is InChI=1S/C30H46O4/c1-6-32-26(31)9-7-8-21-11-13-24-23-12-10-22-18-30(33-19-27(2,3)20-34-30)17-16-29(22,5)25(23)14-15-28(21,24)4/h7,9-10,21,23-25H,6,8,11-20H2,1-5H3/b9-7+. The predicted molar refractivity (Wildman–Crippen MR) is 134 cm³/mol. The number of carbonyl (C=O) groups excluding carboxylic acids is 1. The van der Waals surface area contributed by atoms with Gasteiger partial charge in [-0.05, 0) is 86.4 Å². The van der Waals surface area contributed by atoms with Crippen LogP contribution in [0.1, 0.15) is 92.4 Å². The van der Waals surface area contributed by atoms with Gasteiger partial charge < -0.3 is 14.2 Å². The van der Waals surface area contributed by atoms with Crippen LogP contribution in [0.3, 0.4) is 0 Å². The van der Waals surface area contributed by atoms with E-state index in [1.54, 1.807) is 11.6 Å². The molecule has 0 radical (unpaired) electrons. The minimum atomic E-state index is -0.374. The van der Waals surface area contributed by atoms with Crippen LogP contribution in [0.15, 0.2) is 23.8 Å². The highest BCUT2D eigenvalue weighted by Crippen LogP contribution is 2.67. The molecule has 5 rings (SSSR count). The number of hydrogen-bond donors (Lipinski definition) is 0. The van der Waals surface area contributed by atoms with E-state index in [0.29, 0.717) is 23.4 Å². The van der Waals surface area contributed by atoms with Crippen molar-refractivity contribution in [1.82, 2.24) is 0 Å². The molecule has 1 spiro atoms. The van der Waals surface area contributed by atoms with E-state index >= 15 is 0 Å². The lowest BCUT2D eigenvalue weighted by Crippen LogP contribution is -2.55. The zero-order valence-corrected chi connectivity index (χ0v) is 22.2. The van der Waals surface area contributed by atoms with Crippen LogP contribution in [0.25, 0.3) is 0 Å². The fraction of sp³-hybridized carbons (Fsp3) is 0.833. The highest BCUT2D eigenvalue weighted by atomic mass is 16.7. The topological polar surface area (TPSA) is 44.8 Å². The van der Waals surface area contributed by atoms with Crippen molar-refractivity contribution in [2.24, 2.45) is 39.9 Å². The molecule has 0 aromatic rings. The summed E-state index contributed by atoms with van der Waals surface area (Å²) in [6.45, 7) is 13.5. The molecule has 1 heterocycles. The summed E-state index contributed by atoms with van der Waals surface area (Å²) >= 11 is 0.